The highest BCUT2D eigenvalue weighted by Crippen LogP contribution is 2.33. The van der Waals surface area contributed by atoms with Crippen molar-refractivity contribution < 1.29 is 19.4 Å². The Hall–Kier alpha value is -3.63. The molecule has 1 fully saturated rings. The van der Waals surface area contributed by atoms with Crippen LogP contribution in [0.2, 0.25) is 5.02 Å². The second-order valence-electron chi connectivity index (χ2n) is 9.22. The molecule has 1 aliphatic rings. The van der Waals surface area contributed by atoms with E-state index in [2.05, 4.69) is 6.07 Å². The van der Waals surface area contributed by atoms with Gasteiger partial charge < -0.3 is 14.6 Å². The second-order valence-corrected chi connectivity index (χ2v) is 9.63. The number of carboxylic acid groups (broad SMARTS) is 1. The quantitative estimate of drug-likeness (QED) is 0.237. The van der Waals surface area contributed by atoms with Crippen LogP contribution in [0.15, 0.2) is 60.7 Å². The van der Waals surface area contributed by atoms with Gasteiger partial charge in [-0.05, 0) is 53.8 Å². The summed E-state index contributed by atoms with van der Waals surface area (Å²) in [6.07, 6.45) is 6.35. The van der Waals surface area contributed by atoms with Gasteiger partial charge in [-0.3, -0.25) is 9.69 Å². The van der Waals surface area contributed by atoms with E-state index >= 15 is 0 Å². The van der Waals surface area contributed by atoms with E-state index in [-0.39, 0.29) is 0 Å². The van der Waals surface area contributed by atoms with Gasteiger partial charge in [-0.15, -0.1) is 0 Å². The molecule has 0 spiro atoms. The fourth-order valence-electron chi connectivity index (χ4n) is 4.80. The third-order valence-electron chi connectivity index (χ3n) is 6.75. The third kappa shape index (κ3) is 6.62. The van der Waals surface area contributed by atoms with Gasteiger partial charge in [0.2, 0.25) is 0 Å². The fraction of sp³-hybridized carbons (Fsp3) is 0.290. The van der Waals surface area contributed by atoms with E-state index in [4.69, 9.17) is 21.1 Å². The smallest absolute Gasteiger partial charge is 0.320 e. The molecule has 196 valence electrons. The van der Waals surface area contributed by atoms with Crippen LogP contribution in [0.3, 0.4) is 0 Å². The highest BCUT2D eigenvalue weighted by atomic mass is 35.5. The van der Waals surface area contributed by atoms with Crippen molar-refractivity contribution in [3.05, 3.63) is 87.9 Å². The van der Waals surface area contributed by atoms with Crippen molar-refractivity contribution in [2.75, 3.05) is 26.9 Å². The number of nitrogens with zero attached hydrogens (tertiary/aromatic N) is 2. The van der Waals surface area contributed by atoms with E-state index in [1.807, 2.05) is 77.7 Å². The van der Waals surface area contributed by atoms with Crippen molar-refractivity contribution in [1.29, 1.82) is 5.26 Å². The number of hydrogen-bond acceptors (Lipinski definition) is 5. The van der Waals surface area contributed by atoms with Gasteiger partial charge in [0, 0.05) is 19.2 Å². The first-order valence-corrected chi connectivity index (χ1v) is 13.1. The molecule has 0 aliphatic carbocycles. The maximum absolute atomic E-state index is 11.9. The molecule has 6 nitrogen and oxygen atoms in total. The molecule has 0 amide bonds. The lowest BCUT2D eigenvalue weighted by Crippen LogP contribution is -2.44. The van der Waals surface area contributed by atoms with Gasteiger partial charge in [0.05, 0.1) is 17.2 Å². The predicted molar refractivity (Wildman–Crippen MR) is 150 cm³/mol. The minimum Gasteiger partial charge on any atom is -0.490 e. The molecule has 7 heteroatoms. The Morgan fingerprint density at radius 1 is 1.11 bits per heavy atom. The summed E-state index contributed by atoms with van der Waals surface area (Å²) in [5.74, 6) is -0.275. The standard InChI is InChI=1S/C31H31ClN2O4/c1-37-16-17-38-30-19-24(25(18-28(30)32)21-34-15-6-5-12-29(34)31(35)36)14-13-23-10-7-11-26(27(23)20-33)22-8-3-2-4-9-22/h2-4,7-11,13-14,18-19,29H,5-6,12,15-17,21H2,1H3,(H,35,36)/b14-13+. The zero-order valence-electron chi connectivity index (χ0n) is 21.4. The monoisotopic (exact) mass is 530 g/mol. The largest absolute Gasteiger partial charge is 0.490 e. The van der Waals surface area contributed by atoms with Crippen LogP contribution in [0, 0.1) is 11.3 Å². The molecule has 3 aromatic rings. The van der Waals surface area contributed by atoms with Crippen molar-refractivity contribution >= 4 is 29.7 Å². The SMILES string of the molecule is COCCOc1cc(/C=C/c2cccc(-c3ccccc3)c2C#N)c(CN2CCCCC2C(=O)O)cc1Cl. The van der Waals surface area contributed by atoms with E-state index in [0.29, 0.717) is 49.1 Å². The number of nitriles is 1. The molecule has 0 aromatic heterocycles. The molecule has 1 unspecified atom stereocenters. The number of ether oxygens (including phenoxy) is 2. The minimum absolute atomic E-state index is 0.351. The molecule has 1 atom stereocenters. The average Bonchev–Trinajstić information content (AvgIpc) is 2.94. The van der Waals surface area contributed by atoms with Crippen LogP contribution in [-0.2, 0) is 16.1 Å². The summed E-state index contributed by atoms with van der Waals surface area (Å²) in [5, 5.41) is 20.2. The van der Waals surface area contributed by atoms with Crippen molar-refractivity contribution in [1.82, 2.24) is 4.90 Å². The molecular formula is C31H31ClN2O4. The Morgan fingerprint density at radius 2 is 1.89 bits per heavy atom. The normalized spacial score (nSPS) is 15.9. The molecular weight excluding hydrogens is 500 g/mol. The average molecular weight is 531 g/mol. The van der Waals surface area contributed by atoms with Crippen LogP contribution < -0.4 is 4.74 Å². The predicted octanol–water partition coefficient (Wildman–Crippen LogP) is 6.51. The number of benzene rings is 3. The number of hydrogen-bond donors (Lipinski definition) is 1. The number of carboxylic acids is 1. The van der Waals surface area contributed by atoms with Gasteiger partial charge in [-0.2, -0.15) is 5.26 Å². The fourth-order valence-corrected chi connectivity index (χ4v) is 5.04. The summed E-state index contributed by atoms with van der Waals surface area (Å²) < 4.78 is 10.9. The summed E-state index contributed by atoms with van der Waals surface area (Å²) in [5.41, 5.74) is 4.97. The van der Waals surface area contributed by atoms with Gasteiger partial charge >= 0.3 is 5.97 Å². The number of rotatable bonds is 10. The zero-order valence-corrected chi connectivity index (χ0v) is 22.2. The maximum atomic E-state index is 11.9. The first-order chi connectivity index (χ1) is 18.5. The molecule has 0 bridgehead atoms. The van der Waals surface area contributed by atoms with Gasteiger partial charge in [-0.1, -0.05) is 78.7 Å². The number of carbonyl (C=O) groups is 1. The lowest BCUT2D eigenvalue weighted by molar-refractivity contribution is -0.144. The lowest BCUT2D eigenvalue weighted by atomic mass is 9.95. The molecule has 1 saturated heterocycles. The van der Waals surface area contributed by atoms with Crippen molar-refractivity contribution in [3.63, 3.8) is 0 Å². The Bertz CT molecular complexity index is 1330. The molecule has 1 N–H and O–H groups in total. The van der Waals surface area contributed by atoms with Crippen LogP contribution in [0.25, 0.3) is 23.3 Å². The van der Waals surface area contributed by atoms with E-state index < -0.39 is 12.0 Å². The summed E-state index contributed by atoms with van der Waals surface area (Å²) in [6, 6.07) is 21.2. The van der Waals surface area contributed by atoms with Crippen molar-refractivity contribution in [2.24, 2.45) is 0 Å². The zero-order chi connectivity index (χ0) is 26.9. The first-order valence-electron chi connectivity index (χ1n) is 12.7. The first kappa shape index (κ1) is 27.4. The van der Waals surface area contributed by atoms with Crippen LogP contribution in [0.5, 0.6) is 5.75 Å². The number of methoxy groups -OCH3 is 1. The minimum atomic E-state index is -0.802. The Labute approximate surface area is 228 Å². The third-order valence-corrected chi connectivity index (χ3v) is 7.04. The number of piperidine rings is 1. The molecule has 38 heavy (non-hydrogen) atoms. The molecule has 3 aromatic carbocycles. The van der Waals surface area contributed by atoms with Crippen LogP contribution in [0.4, 0.5) is 0 Å². The Kier molecular flexibility index (Phi) is 9.56. The maximum Gasteiger partial charge on any atom is 0.320 e. The van der Waals surface area contributed by atoms with E-state index in [0.717, 1.165) is 40.7 Å². The van der Waals surface area contributed by atoms with E-state index in [1.54, 1.807) is 7.11 Å². The summed E-state index contributed by atoms with van der Waals surface area (Å²) in [7, 11) is 1.61. The van der Waals surface area contributed by atoms with Crippen LogP contribution >= 0.6 is 11.6 Å². The van der Waals surface area contributed by atoms with Crippen LogP contribution in [-0.4, -0.2) is 48.9 Å². The van der Waals surface area contributed by atoms with Gasteiger partial charge in [-0.25, -0.2) is 0 Å². The number of halogens is 1. The topological polar surface area (TPSA) is 82.8 Å². The Balaban J connectivity index is 1.72. The van der Waals surface area contributed by atoms with Crippen molar-refractivity contribution in [3.8, 4) is 22.9 Å². The molecule has 0 radical (unpaired) electrons. The second kappa shape index (κ2) is 13.3. The number of aliphatic carboxylic acids is 1. The van der Waals surface area contributed by atoms with Crippen molar-refractivity contribution in [2.45, 2.75) is 31.8 Å². The molecule has 1 heterocycles. The molecule has 1 aliphatic heterocycles. The van der Waals surface area contributed by atoms with E-state index in [9.17, 15) is 15.2 Å². The van der Waals surface area contributed by atoms with Gasteiger partial charge in [0.1, 0.15) is 24.5 Å². The summed E-state index contributed by atoms with van der Waals surface area (Å²) >= 11 is 6.58. The lowest BCUT2D eigenvalue weighted by Gasteiger charge is -2.33. The number of likely N-dealkylation sites (tertiary alicyclic amines) is 1. The Morgan fingerprint density at radius 3 is 2.63 bits per heavy atom. The van der Waals surface area contributed by atoms with E-state index in [1.165, 1.54) is 0 Å². The molecule has 0 saturated carbocycles. The highest BCUT2D eigenvalue weighted by molar-refractivity contribution is 6.32. The summed E-state index contributed by atoms with van der Waals surface area (Å²) in [6.45, 7) is 1.93. The van der Waals surface area contributed by atoms with Crippen LogP contribution in [0.1, 0.15) is 41.5 Å². The van der Waals surface area contributed by atoms with Gasteiger partial charge in [0.25, 0.3) is 0 Å². The van der Waals surface area contributed by atoms with Gasteiger partial charge in [0.15, 0.2) is 0 Å². The molecule has 4 rings (SSSR count). The highest BCUT2D eigenvalue weighted by Gasteiger charge is 2.29. The summed E-state index contributed by atoms with van der Waals surface area (Å²) in [4.78, 5) is 13.9.